The van der Waals surface area contributed by atoms with Gasteiger partial charge in [-0.2, -0.15) is 5.26 Å². The number of rotatable bonds is 4. The Morgan fingerprint density at radius 2 is 2.38 bits per heavy atom. The maximum atomic E-state index is 10.9. The van der Waals surface area contributed by atoms with E-state index >= 15 is 0 Å². The molecule has 0 radical (unpaired) electrons. The maximum absolute atomic E-state index is 10.9. The fourth-order valence-electron chi connectivity index (χ4n) is 0.976. The van der Waals surface area contributed by atoms with E-state index in [0.717, 1.165) is 5.56 Å². The van der Waals surface area contributed by atoms with Gasteiger partial charge in [0.15, 0.2) is 0 Å². The average molecular weight is 236 g/mol. The molecule has 0 aliphatic rings. The van der Waals surface area contributed by atoms with Crippen LogP contribution in [0, 0.1) is 11.3 Å². The second-order valence-electron chi connectivity index (χ2n) is 3.73. The molecule has 84 valence electrons. The van der Waals surface area contributed by atoms with Crippen LogP contribution in [0.4, 0.5) is 0 Å². The molecule has 1 aromatic heterocycles. The number of carbonyl (C=O) groups is 1. The molecule has 4 nitrogen and oxygen atoms in total. The summed E-state index contributed by atoms with van der Waals surface area (Å²) in [5.74, 6) is -0.393. The molecule has 0 saturated heterocycles. The third-order valence-corrected chi connectivity index (χ3v) is 3.45. The lowest BCUT2D eigenvalue weighted by atomic mass is 10.2. The van der Waals surface area contributed by atoms with Gasteiger partial charge in [0.05, 0.1) is 0 Å². The summed E-state index contributed by atoms with van der Waals surface area (Å²) in [6.07, 6.45) is 1.55. The second-order valence-corrected chi connectivity index (χ2v) is 5.33. The standard InChI is InChI=1S/C11H12N2O2S/c1-11(2,10(14)15)16-7-8-4-3-5-13-9(8)6-12/h3-5H,7H2,1-2H3,(H,14,15). The predicted molar refractivity (Wildman–Crippen MR) is 62.0 cm³/mol. The zero-order valence-corrected chi connectivity index (χ0v) is 9.91. The number of carboxylic acid groups (broad SMARTS) is 1. The van der Waals surface area contributed by atoms with Crippen LogP contribution in [0.3, 0.4) is 0 Å². The fraction of sp³-hybridized carbons (Fsp3) is 0.364. The zero-order chi connectivity index (χ0) is 12.2. The Morgan fingerprint density at radius 3 is 2.94 bits per heavy atom. The first-order chi connectivity index (χ1) is 7.47. The molecule has 1 aromatic rings. The van der Waals surface area contributed by atoms with E-state index in [1.807, 2.05) is 6.07 Å². The SMILES string of the molecule is CC(C)(SCc1cccnc1C#N)C(=O)O. The Morgan fingerprint density at radius 1 is 1.69 bits per heavy atom. The summed E-state index contributed by atoms with van der Waals surface area (Å²) >= 11 is 1.28. The van der Waals surface area contributed by atoms with Crippen LogP contribution >= 0.6 is 11.8 Å². The summed E-state index contributed by atoms with van der Waals surface area (Å²) in [7, 11) is 0. The highest BCUT2D eigenvalue weighted by atomic mass is 32.2. The molecule has 0 saturated carbocycles. The highest BCUT2D eigenvalue weighted by molar-refractivity contribution is 8.00. The minimum atomic E-state index is -0.861. The van der Waals surface area contributed by atoms with Crippen LogP contribution in [0.25, 0.3) is 0 Å². The van der Waals surface area contributed by atoms with E-state index < -0.39 is 10.7 Å². The number of aliphatic carboxylic acids is 1. The molecule has 0 spiro atoms. The van der Waals surface area contributed by atoms with Crippen molar-refractivity contribution >= 4 is 17.7 Å². The molecule has 0 aromatic carbocycles. The molecule has 0 amide bonds. The van der Waals surface area contributed by atoms with Crippen LogP contribution in [0.1, 0.15) is 25.1 Å². The normalized spacial score (nSPS) is 10.8. The van der Waals surface area contributed by atoms with Gasteiger partial charge in [0, 0.05) is 11.9 Å². The lowest BCUT2D eigenvalue weighted by Crippen LogP contribution is -2.27. The molecule has 1 N–H and O–H groups in total. The van der Waals surface area contributed by atoms with E-state index in [2.05, 4.69) is 4.98 Å². The molecular weight excluding hydrogens is 224 g/mol. The van der Waals surface area contributed by atoms with Gasteiger partial charge in [-0.05, 0) is 25.5 Å². The Kier molecular flexibility index (Phi) is 3.91. The number of hydrogen-bond donors (Lipinski definition) is 1. The first-order valence-corrected chi connectivity index (χ1v) is 5.67. The minimum Gasteiger partial charge on any atom is -0.480 e. The van der Waals surface area contributed by atoms with Crippen molar-refractivity contribution in [3.8, 4) is 6.07 Å². The minimum absolute atomic E-state index is 0.358. The van der Waals surface area contributed by atoms with Crippen molar-refractivity contribution in [3.05, 3.63) is 29.6 Å². The monoisotopic (exact) mass is 236 g/mol. The van der Waals surface area contributed by atoms with Crippen LogP contribution < -0.4 is 0 Å². The fourth-order valence-corrected chi connectivity index (χ4v) is 1.85. The summed E-state index contributed by atoms with van der Waals surface area (Å²) in [6, 6.07) is 5.52. The quantitative estimate of drug-likeness (QED) is 0.866. The van der Waals surface area contributed by atoms with Crippen LogP contribution in [0.2, 0.25) is 0 Å². The molecular formula is C11H12N2O2S. The second kappa shape index (κ2) is 4.99. The number of hydrogen-bond acceptors (Lipinski definition) is 4. The Labute approximate surface area is 98.3 Å². The van der Waals surface area contributed by atoms with Gasteiger partial charge in [0.2, 0.25) is 0 Å². The van der Waals surface area contributed by atoms with E-state index in [9.17, 15) is 4.79 Å². The molecule has 0 unspecified atom stereocenters. The lowest BCUT2D eigenvalue weighted by Gasteiger charge is -2.18. The number of nitrogens with zero attached hydrogens (tertiary/aromatic N) is 2. The summed E-state index contributed by atoms with van der Waals surface area (Å²) in [4.78, 5) is 14.8. The topological polar surface area (TPSA) is 74.0 Å². The summed E-state index contributed by atoms with van der Waals surface area (Å²) in [5, 5.41) is 17.8. The Hall–Kier alpha value is -1.54. The largest absolute Gasteiger partial charge is 0.480 e. The highest BCUT2D eigenvalue weighted by Gasteiger charge is 2.27. The van der Waals surface area contributed by atoms with E-state index in [-0.39, 0.29) is 0 Å². The lowest BCUT2D eigenvalue weighted by molar-refractivity contribution is -0.138. The van der Waals surface area contributed by atoms with Crippen molar-refractivity contribution in [2.45, 2.75) is 24.3 Å². The number of nitriles is 1. The third-order valence-electron chi connectivity index (χ3n) is 2.10. The van der Waals surface area contributed by atoms with Crippen LogP contribution in [-0.2, 0) is 10.5 Å². The van der Waals surface area contributed by atoms with Gasteiger partial charge in [-0.1, -0.05) is 6.07 Å². The van der Waals surface area contributed by atoms with Gasteiger partial charge in [-0.3, -0.25) is 4.79 Å². The molecule has 0 aliphatic carbocycles. The van der Waals surface area contributed by atoms with Gasteiger partial charge in [0.1, 0.15) is 16.5 Å². The molecule has 0 fully saturated rings. The molecule has 5 heteroatoms. The predicted octanol–water partition coefficient (Wildman–Crippen LogP) is 2.05. The first kappa shape index (κ1) is 12.5. The smallest absolute Gasteiger partial charge is 0.319 e. The number of carboxylic acids is 1. The van der Waals surface area contributed by atoms with Crippen LogP contribution in [-0.4, -0.2) is 20.8 Å². The number of pyridine rings is 1. The van der Waals surface area contributed by atoms with Crippen molar-refractivity contribution in [3.63, 3.8) is 0 Å². The molecule has 16 heavy (non-hydrogen) atoms. The number of aromatic nitrogens is 1. The maximum Gasteiger partial charge on any atom is 0.319 e. The van der Waals surface area contributed by atoms with Crippen molar-refractivity contribution < 1.29 is 9.90 Å². The summed E-state index contributed by atoms with van der Waals surface area (Å²) < 4.78 is -0.859. The van der Waals surface area contributed by atoms with Crippen LogP contribution in [0.15, 0.2) is 18.3 Å². The van der Waals surface area contributed by atoms with Gasteiger partial charge < -0.3 is 5.11 Å². The van der Waals surface area contributed by atoms with Gasteiger partial charge >= 0.3 is 5.97 Å². The Bertz CT molecular complexity index is 438. The van der Waals surface area contributed by atoms with E-state index in [4.69, 9.17) is 10.4 Å². The van der Waals surface area contributed by atoms with Crippen molar-refractivity contribution in [1.82, 2.24) is 4.98 Å². The first-order valence-electron chi connectivity index (χ1n) is 4.68. The van der Waals surface area contributed by atoms with E-state index in [1.54, 1.807) is 32.2 Å². The summed E-state index contributed by atoms with van der Waals surface area (Å²) in [5.41, 5.74) is 1.13. The van der Waals surface area contributed by atoms with Gasteiger partial charge in [-0.25, -0.2) is 4.98 Å². The average Bonchev–Trinajstić information content (AvgIpc) is 2.26. The van der Waals surface area contributed by atoms with Gasteiger partial charge in [0.25, 0.3) is 0 Å². The van der Waals surface area contributed by atoms with E-state index in [0.29, 0.717) is 11.4 Å². The Balaban J connectivity index is 2.76. The zero-order valence-electron chi connectivity index (χ0n) is 9.10. The van der Waals surface area contributed by atoms with Crippen LogP contribution in [0.5, 0.6) is 0 Å². The highest BCUT2D eigenvalue weighted by Crippen LogP contribution is 2.28. The molecule has 0 bridgehead atoms. The van der Waals surface area contributed by atoms with E-state index in [1.165, 1.54) is 11.8 Å². The third kappa shape index (κ3) is 2.97. The molecule has 1 heterocycles. The molecule has 0 aliphatic heterocycles. The van der Waals surface area contributed by atoms with Crippen molar-refractivity contribution in [2.75, 3.05) is 0 Å². The molecule has 1 rings (SSSR count). The number of thioether (sulfide) groups is 1. The van der Waals surface area contributed by atoms with Gasteiger partial charge in [-0.15, -0.1) is 11.8 Å². The summed E-state index contributed by atoms with van der Waals surface area (Å²) in [6.45, 7) is 3.28. The van der Waals surface area contributed by atoms with Crippen molar-refractivity contribution in [1.29, 1.82) is 5.26 Å². The molecule has 0 atom stereocenters. The van der Waals surface area contributed by atoms with Crippen molar-refractivity contribution in [2.24, 2.45) is 0 Å².